The highest BCUT2D eigenvalue weighted by atomic mass is 32.1. The topological polar surface area (TPSA) is 80.0 Å². The molecule has 0 aliphatic rings. The van der Waals surface area contributed by atoms with Gasteiger partial charge in [0, 0.05) is 23.7 Å². The average molecular weight is 248 g/mol. The van der Waals surface area contributed by atoms with Crippen molar-refractivity contribution in [3.05, 3.63) is 29.6 Å². The van der Waals surface area contributed by atoms with Crippen molar-refractivity contribution < 1.29 is 4.79 Å². The Morgan fingerprint density at radius 1 is 1.35 bits per heavy atom. The Bertz CT molecular complexity index is 521. The number of carbonyl (C=O) groups excluding carboxylic acids is 1. The molecule has 0 saturated heterocycles. The van der Waals surface area contributed by atoms with Crippen LogP contribution in [-0.4, -0.2) is 18.1 Å². The highest BCUT2D eigenvalue weighted by molar-refractivity contribution is 7.14. The molecule has 2 amide bonds. The Morgan fingerprint density at radius 2 is 2.06 bits per heavy atom. The molecule has 0 spiro atoms. The van der Waals surface area contributed by atoms with E-state index in [1.54, 1.807) is 7.05 Å². The summed E-state index contributed by atoms with van der Waals surface area (Å²) < 4.78 is 0. The van der Waals surface area contributed by atoms with Gasteiger partial charge in [-0.05, 0) is 12.1 Å². The first kappa shape index (κ1) is 11.4. The molecule has 4 N–H and O–H groups in total. The van der Waals surface area contributed by atoms with Crippen LogP contribution in [0, 0.1) is 0 Å². The predicted octanol–water partition coefficient (Wildman–Crippen LogP) is 2.14. The van der Waals surface area contributed by atoms with Crippen molar-refractivity contribution >= 4 is 28.2 Å². The molecule has 6 heteroatoms. The van der Waals surface area contributed by atoms with Crippen LogP contribution in [0.1, 0.15) is 0 Å². The molecule has 1 aromatic carbocycles. The van der Waals surface area contributed by atoms with E-state index in [1.807, 2.05) is 29.6 Å². The summed E-state index contributed by atoms with van der Waals surface area (Å²) in [5.41, 5.74) is 8.12. The maximum absolute atomic E-state index is 11.1. The van der Waals surface area contributed by atoms with Crippen LogP contribution in [0.3, 0.4) is 0 Å². The fraction of sp³-hybridized carbons (Fsp3) is 0.0909. The Kier molecular flexibility index (Phi) is 3.24. The van der Waals surface area contributed by atoms with Gasteiger partial charge < -0.3 is 11.1 Å². The van der Waals surface area contributed by atoms with Gasteiger partial charge in [-0.1, -0.05) is 12.1 Å². The molecule has 0 aliphatic carbocycles. The lowest BCUT2D eigenvalue weighted by Crippen LogP contribution is -2.24. The van der Waals surface area contributed by atoms with E-state index in [0.717, 1.165) is 11.3 Å². The minimum absolute atomic E-state index is 0.275. The molecule has 2 aromatic rings. The zero-order chi connectivity index (χ0) is 12.3. The van der Waals surface area contributed by atoms with Crippen molar-refractivity contribution in [1.29, 1.82) is 0 Å². The van der Waals surface area contributed by atoms with Crippen molar-refractivity contribution in [3.63, 3.8) is 0 Å². The van der Waals surface area contributed by atoms with Gasteiger partial charge in [0.1, 0.15) is 0 Å². The first-order chi connectivity index (χ1) is 8.19. The summed E-state index contributed by atoms with van der Waals surface area (Å²) in [5.74, 6) is 0. The van der Waals surface area contributed by atoms with Gasteiger partial charge in [-0.15, -0.1) is 11.3 Å². The van der Waals surface area contributed by atoms with Crippen LogP contribution in [0.25, 0.3) is 11.3 Å². The predicted molar refractivity (Wildman–Crippen MR) is 70.0 cm³/mol. The van der Waals surface area contributed by atoms with E-state index in [2.05, 4.69) is 15.6 Å². The lowest BCUT2D eigenvalue weighted by molar-refractivity contribution is 0.254. The van der Waals surface area contributed by atoms with Crippen LogP contribution in [0.2, 0.25) is 0 Å². The summed E-state index contributed by atoms with van der Waals surface area (Å²) >= 11 is 1.38. The molecule has 5 nitrogen and oxygen atoms in total. The number of rotatable bonds is 2. The summed E-state index contributed by atoms with van der Waals surface area (Å²) in [5, 5.41) is 7.55. The van der Waals surface area contributed by atoms with Crippen LogP contribution in [-0.2, 0) is 0 Å². The lowest BCUT2D eigenvalue weighted by Gasteiger charge is -1.99. The molecule has 0 aliphatic heterocycles. The molecular formula is C11H12N4OS. The second kappa shape index (κ2) is 4.84. The number of aromatic nitrogens is 1. The van der Waals surface area contributed by atoms with Crippen molar-refractivity contribution in [2.45, 2.75) is 0 Å². The van der Waals surface area contributed by atoms with Crippen molar-refractivity contribution in [2.24, 2.45) is 0 Å². The molecule has 1 heterocycles. The number of anilines is 2. The number of nitrogens with one attached hydrogen (secondary N) is 2. The van der Waals surface area contributed by atoms with Crippen molar-refractivity contribution in [3.8, 4) is 11.3 Å². The Hall–Kier alpha value is -2.08. The largest absolute Gasteiger partial charge is 0.399 e. The van der Waals surface area contributed by atoms with Gasteiger partial charge in [-0.3, -0.25) is 5.32 Å². The van der Waals surface area contributed by atoms with Gasteiger partial charge in [0.2, 0.25) is 0 Å². The number of nitrogens with two attached hydrogens (primary N) is 1. The zero-order valence-electron chi connectivity index (χ0n) is 9.23. The molecule has 88 valence electrons. The number of hydrogen-bond donors (Lipinski definition) is 3. The van der Waals surface area contributed by atoms with E-state index in [0.29, 0.717) is 10.8 Å². The first-order valence-electron chi connectivity index (χ1n) is 4.99. The molecular weight excluding hydrogens is 236 g/mol. The number of thiazole rings is 1. The third-order valence-electron chi connectivity index (χ3n) is 2.16. The minimum Gasteiger partial charge on any atom is -0.399 e. The van der Waals surface area contributed by atoms with Crippen LogP contribution in [0.4, 0.5) is 15.6 Å². The number of hydrogen-bond acceptors (Lipinski definition) is 4. The second-order valence-electron chi connectivity index (χ2n) is 3.36. The monoisotopic (exact) mass is 248 g/mol. The number of amides is 2. The first-order valence-corrected chi connectivity index (χ1v) is 5.87. The summed E-state index contributed by atoms with van der Waals surface area (Å²) in [7, 11) is 1.56. The maximum atomic E-state index is 11.1. The summed E-state index contributed by atoms with van der Waals surface area (Å²) in [6.07, 6.45) is 0. The van der Waals surface area contributed by atoms with Crippen molar-refractivity contribution in [1.82, 2.24) is 10.3 Å². The molecule has 2 rings (SSSR count). The van der Waals surface area contributed by atoms with Gasteiger partial charge in [-0.2, -0.15) is 0 Å². The van der Waals surface area contributed by atoms with Gasteiger partial charge in [0.15, 0.2) is 5.13 Å². The number of urea groups is 1. The minimum atomic E-state index is -0.275. The highest BCUT2D eigenvalue weighted by Crippen LogP contribution is 2.25. The third kappa shape index (κ3) is 2.73. The zero-order valence-corrected chi connectivity index (χ0v) is 10.0. The van der Waals surface area contributed by atoms with Gasteiger partial charge in [-0.25, -0.2) is 9.78 Å². The highest BCUT2D eigenvalue weighted by Gasteiger charge is 2.06. The van der Waals surface area contributed by atoms with E-state index in [1.165, 1.54) is 11.3 Å². The van der Waals surface area contributed by atoms with Crippen molar-refractivity contribution in [2.75, 3.05) is 18.1 Å². The second-order valence-corrected chi connectivity index (χ2v) is 4.22. The summed E-state index contributed by atoms with van der Waals surface area (Å²) in [6.45, 7) is 0. The molecule has 0 fully saturated rings. The van der Waals surface area contributed by atoms with E-state index in [4.69, 9.17) is 5.73 Å². The molecule has 0 unspecified atom stereocenters. The van der Waals surface area contributed by atoms with Crippen LogP contribution in [0.5, 0.6) is 0 Å². The fourth-order valence-electron chi connectivity index (χ4n) is 1.28. The van der Waals surface area contributed by atoms with Crippen LogP contribution < -0.4 is 16.4 Å². The molecule has 17 heavy (non-hydrogen) atoms. The van der Waals surface area contributed by atoms with E-state index >= 15 is 0 Å². The number of benzene rings is 1. The molecule has 0 atom stereocenters. The number of nitrogen functional groups attached to an aromatic ring is 1. The smallest absolute Gasteiger partial charge is 0.320 e. The third-order valence-corrected chi connectivity index (χ3v) is 2.92. The Balaban J connectivity index is 2.18. The van der Waals surface area contributed by atoms with Gasteiger partial charge in [0.05, 0.1) is 5.69 Å². The van der Waals surface area contributed by atoms with E-state index in [-0.39, 0.29) is 6.03 Å². The molecule has 0 radical (unpaired) electrons. The SMILES string of the molecule is CNC(=O)Nc1nc(-c2ccc(N)cc2)cs1. The quantitative estimate of drug-likeness (QED) is 0.712. The standard InChI is InChI=1S/C11H12N4OS/c1-13-10(16)15-11-14-9(6-17-11)7-2-4-8(12)5-3-7/h2-6H,12H2,1H3,(H2,13,14,15,16). The van der Waals surface area contributed by atoms with Crippen LogP contribution in [0.15, 0.2) is 29.6 Å². The van der Waals surface area contributed by atoms with E-state index < -0.39 is 0 Å². The molecule has 0 saturated carbocycles. The number of carbonyl (C=O) groups is 1. The molecule has 1 aromatic heterocycles. The fourth-order valence-corrected chi connectivity index (χ4v) is 1.99. The Labute approximate surface area is 103 Å². The average Bonchev–Trinajstić information content (AvgIpc) is 2.78. The normalized spacial score (nSPS) is 9.94. The van der Waals surface area contributed by atoms with Gasteiger partial charge in [0.25, 0.3) is 0 Å². The lowest BCUT2D eigenvalue weighted by atomic mass is 10.1. The number of nitrogens with zero attached hydrogens (tertiary/aromatic N) is 1. The van der Waals surface area contributed by atoms with E-state index in [9.17, 15) is 4.79 Å². The maximum Gasteiger partial charge on any atom is 0.320 e. The van der Waals surface area contributed by atoms with Crippen LogP contribution >= 0.6 is 11.3 Å². The Morgan fingerprint density at radius 3 is 2.71 bits per heavy atom. The molecule has 0 bridgehead atoms. The van der Waals surface area contributed by atoms with Gasteiger partial charge >= 0.3 is 6.03 Å². The summed E-state index contributed by atoms with van der Waals surface area (Å²) in [4.78, 5) is 15.4. The summed E-state index contributed by atoms with van der Waals surface area (Å²) in [6, 6.07) is 7.16.